The molecule has 5 aromatic rings. The smallest absolute Gasteiger partial charge is 0.157 e. The molecule has 0 aliphatic carbocycles. The average molecular weight is 520 g/mol. The molecule has 1 aromatic carbocycles. The van der Waals surface area contributed by atoms with Gasteiger partial charge in [0.1, 0.15) is 30.3 Å². The first-order valence-corrected chi connectivity index (χ1v) is 13.3. The van der Waals surface area contributed by atoms with Gasteiger partial charge in [0.15, 0.2) is 5.82 Å². The summed E-state index contributed by atoms with van der Waals surface area (Å²) < 4.78 is 8.02. The Morgan fingerprint density at radius 3 is 2.85 bits per heavy atom. The number of pyridine rings is 2. The third-order valence-corrected chi connectivity index (χ3v) is 7.26. The van der Waals surface area contributed by atoms with Gasteiger partial charge in [-0.25, -0.2) is 9.97 Å². The first kappa shape index (κ1) is 23.5. The van der Waals surface area contributed by atoms with Gasteiger partial charge in [0, 0.05) is 30.1 Å². The van der Waals surface area contributed by atoms with E-state index >= 15 is 0 Å². The Morgan fingerprint density at radius 2 is 1.97 bits per heavy atom. The number of para-hydroxylation sites is 1. The van der Waals surface area contributed by atoms with Crippen LogP contribution in [0.15, 0.2) is 66.4 Å². The Morgan fingerprint density at radius 1 is 1.05 bits per heavy atom. The largest absolute Gasteiger partial charge is 0.491 e. The van der Waals surface area contributed by atoms with Crippen LogP contribution in [0.4, 0.5) is 5.69 Å². The van der Waals surface area contributed by atoms with Crippen LogP contribution in [0.5, 0.6) is 5.75 Å². The molecule has 0 bridgehead atoms. The van der Waals surface area contributed by atoms with E-state index in [4.69, 9.17) is 19.7 Å². The van der Waals surface area contributed by atoms with Crippen LogP contribution in [0.25, 0.3) is 28.0 Å². The molecule has 7 rings (SSSR count). The van der Waals surface area contributed by atoms with Gasteiger partial charge in [0.25, 0.3) is 0 Å². The zero-order valence-electron chi connectivity index (χ0n) is 21.8. The molecule has 196 valence electrons. The number of anilines is 1. The van der Waals surface area contributed by atoms with E-state index in [9.17, 15) is 0 Å². The maximum Gasteiger partial charge on any atom is 0.157 e. The number of likely N-dealkylation sites (tertiary alicyclic amines) is 1. The van der Waals surface area contributed by atoms with Crippen molar-refractivity contribution in [1.29, 1.82) is 0 Å². The molecule has 10 nitrogen and oxygen atoms in total. The third-order valence-electron chi connectivity index (χ3n) is 7.26. The van der Waals surface area contributed by atoms with E-state index in [0.717, 1.165) is 76.0 Å². The van der Waals surface area contributed by atoms with Gasteiger partial charge in [0.2, 0.25) is 0 Å². The monoisotopic (exact) mass is 519 g/mol. The van der Waals surface area contributed by atoms with Crippen molar-refractivity contribution in [3.63, 3.8) is 0 Å². The van der Waals surface area contributed by atoms with E-state index in [-0.39, 0.29) is 0 Å². The minimum absolute atomic E-state index is 0.454. The van der Waals surface area contributed by atoms with Crippen LogP contribution in [0.1, 0.15) is 29.9 Å². The van der Waals surface area contributed by atoms with Crippen molar-refractivity contribution in [2.45, 2.75) is 19.8 Å². The molecule has 0 atom stereocenters. The maximum atomic E-state index is 6.03. The lowest BCUT2D eigenvalue weighted by Gasteiger charge is -2.18. The molecule has 4 aromatic heterocycles. The summed E-state index contributed by atoms with van der Waals surface area (Å²) in [5, 5.41) is 3.33. The number of benzene rings is 1. The SMILES string of the molecule is Cc1cn(-c2cccc3[nH]c(C4=NCNc5cnc(-c6cncc(OCCN7CCCC7)c6)cc54)nc23)cn1. The minimum atomic E-state index is 0.454. The predicted octanol–water partition coefficient (Wildman–Crippen LogP) is 4.21. The van der Waals surface area contributed by atoms with Crippen LogP contribution in [0.2, 0.25) is 0 Å². The Bertz CT molecular complexity index is 1680. The Kier molecular flexibility index (Phi) is 6.01. The van der Waals surface area contributed by atoms with Gasteiger partial charge in [-0.3, -0.25) is 19.9 Å². The summed E-state index contributed by atoms with van der Waals surface area (Å²) in [6, 6.07) is 10.1. The van der Waals surface area contributed by atoms with E-state index in [1.807, 2.05) is 66.7 Å². The third kappa shape index (κ3) is 4.63. The molecule has 39 heavy (non-hydrogen) atoms. The molecule has 0 saturated carbocycles. The van der Waals surface area contributed by atoms with E-state index < -0.39 is 0 Å². The van der Waals surface area contributed by atoms with Crippen LogP contribution in [-0.4, -0.2) is 73.0 Å². The molecule has 2 aliphatic heterocycles. The first-order chi connectivity index (χ1) is 19.2. The summed E-state index contributed by atoms with van der Waals surface area (Å²) >= 11 is 0. The second-order valence-electron chi connectivity index (χ2n) is 9.94. The highest BCUT2D eigenvalue weighted by Gasteiger charge is 2.21. The summed E-state index contributed by atoms with van der Waals surface area (Å²) in [5.41, 5.74) is 8.06. The van der Waals surface area contributed by atoms with Crippen LogP contribution < -0.4 is 10.1 Å². The molecule has 0 unspecified atom stereocenters. The fourth-order valence-electron chi connectivity index (χ4n) is 5.27. The summed E-state index contributed by atoms with van der Waals surface area (Å²) in [6.45, 7) is 6.34. The van der Waals surface area contributed by atoms with Crippen LogP contribution in [0.3, 0.4) is 0 Å². The quantitative estimate of drug-likeness (QED) is 0.332. The number of hydrogen-bond acceptors (Lipinski definition) is 8. The number of rotatable bonds is 7. The van der Waals surface area contributed by atoms with Crippen molar-refractivity contribution >= 4 is 22.4 Å². The van der Waals surface area contributed by atoms with Gasteiger partial charge in [-0.1, -0.05) is 6.07 Å². The highest BCUT2D eigenvalue weighted by molar-refractivity contribution is 6.16. The second-order valence-corrected chi connectivity index (χ2v) is 9.94. The number of aryl methyl sites for hydroxylation is 1. The average Bonchev–Trinajstić information content (AvgIpc) is 3.74. The number of aliphatic imine (C=N–C) groups is 1. The Hall–Kier alpha value is -4.57. The molecule has 0 radical (unpaired) electrons. The van der Waals surface area contributed by atoms with Crippen LogP contribution in [0, 0.1) is 6.92 Å². The van der Waals surface area contributed by atoms with Crippen molar-refractivity contribution in [3.05, 3.63) is 78.5 Å². The number of nitrogens with one attached hydrogen (secondary N) is 2. The molecule has 0 spiro atoms. The van der Waals surface area contributed by atoms with Gasteiger partial charge in [-0.2, -0.15) is 0 Å². The number of aromatic nitrogens is 6. The van der Waals surface area contributed by atoms with Crippen molar-refractivity contribution < 1.29 is 4.74 Å². The molecular weight excluding hydrogens is 490 g/mol. The van der Waals surface area contributed by atoms with Crippen molar-refractivity contribution in [1.82, 2.24) is 34.4 Å². The highest BCUT2D eigenvalue weighted by Crippen LogP contribution is 2.29. The minimum Gasteiger partial charge on any atom is -0.491 e. The number of nitrogens with zero attached hydrogens (tertiary/aromatic N) is 7. The summed E-state index contributed by atoms with van der Waals surface area (Å²) in [7, 11) is 0. The number of hydrogen-bond donors (Lipinski definition) is 2. The van der Waals surface area contributed by atoms with Gasteiger partial charge < -0.3 is 19.6 Å². The standard InChI is InChI=1S/C29H29N9O/c1-19-16-38(18-34-19)26-6-4-5-23-28(26)36-29(35-23)27-22-12-24(31-15-25(22)32-17-33-27)20-11-21(14-30-13-20)39-10-9-37-7-2-3-8-37/h4-6,11-16,18,32H,2-3,7-10,17H2,1H3,(H,35,36). The van der Waals surface area contributed by atoms with Crippen molar-refractivity contribution in [2.24, 2.45) is 4.99 Å². The fraction of sp³-hybridized carbons (Fsp3) is 0.276. The number of aromatic amines is 1. The van der Waals surface area contributed by atoms with Gasteiger partial charge in [0.05, 0.1) is 47.0 Å². The molecule has 1 saturated heterocycles. The van der Waals surface area contributed by atoms with E-state index in [1.54, 1.807) is 6.20 Å². The highest BCUT2D eigenvalue weighted by atomic mass is 16.5. The fourth-order valence-corrected chi connectivity index (χ4v) is 5.27. The lowest BCUT2D eigenvalue weighted by molar-refractivity contribution is 0.237. The maximum absolute atomic E-state index is 6.03. The predicted molar refractivity (Wildman–Crippen MR) is 151 cm³/mol. The number of H-pyrrole nitrogens is 1. The molecule has 6 heterocycles. The van der Waals surface area contributed by atoms with E-state index in [2.05, 4.69) is 25.2 Å². The molecule has 2 aliphatic rings. The lowest BCUT2D eigenvalue weighted by atomic mass is 10.0. The Balaban J connectivity index is 1.18. The number of fused-ring (bicyclic) bond motifs is 2. The zero-order chi connectivity index (χ0) is 26.2. The van der Waals surface area contributed by atoms with Gasteiger partial charge in [-0.15, -0.1) is 0 Å². The normalized spacial score (nSPS) is 15.3. The summed E-state index contributed by atoms with van der Waals surface area (Å²) in [6.07, 6.45) is 11.8. The molecule has 0 amide bonds. The van der Waals surface area contributed by atoms with Crippen molar-refractivity contribution in [2.75, 3.05) is 38.2 Å². The number of ether oxygens (including phenoxy) is 1. The number of imidazole rings is 2. The summed E-state index contributed by atoms with van der Waals surface area (Å²) in [5.74, 6) is 1.46. The lowest BCUT2D eigenvalue weighted by Crippen LogP contribution is -2.25. The Labute approximate surface area is 225 Å². The molecule has 2 N–H and O–H groups in total. The van der Waals surface area contributed by atoms with Crippen LogP contribution in [-0.2, 0) is 0 Å². The summed E-state index contributed by atoms with van der Waals surface area (Å²) in [4.78, 5) is 29.2. The van der Waals surface area contributed by atoms with Gasteiger partial charge >= 0.3 is 0 Å². The zero-order valence-corrected chi connectivity index (χ0v) is 21.8. The molecule has 10 heteroatoms. The molecule has 1 fully saturated rings. The van der Waals surface area contributed by atoms with Gasteiger partial charge in [-0.05, 0) is 57.1 Å². The van der Waals surface area contributed by atoms with Crippen molar-refractivity contribution in [3.8, 4) is 22.7 Å². The van der Waals surface area contributed by atoms with E-state index in [0.29, 0.717) is 19.1 Å². The van der Waals surface area contributed by atoms with E-state index in [1.165, 1.54) is 12.8 Å². The van der Waals surface area contributed by atoms with Crippen LogP contribution >= 0.6 is 0 Å². The second kappa shape index (κ2) is 9.95. The molecular formula is C29H29N9O. The first-order valence-electron chi connectivity index (χ1n) is 13.3. The topological polar surface area (TPSA) is 109 Å².